The summed E-state index contributed by atoms with van der Waals surface area (Å²) < 4.78 is 0. The summed E-state index contributed by atoms with van der Waals surface area (Å²) >= 11 is 0. The van der Waals surface area contributed by atoms with Crippen molar-refractivity contribution < 1.29 is 50.1 Å². The van der Waals surface area contributed by atoms with Crippen LogP contribution in [0.15, 0.2) is 0 Å². The summed E-state index contributed by atoms with van der Waals surface area (Å²) in [5.41, 5.74) is 0. The van der Waals surface area contributed by atoms with Crippen molar-refractivity contribution in [1.29, 1.82) is 0 Å². The molecule has 0 saturated carbocycles. The second-order valence-electron chi connectivity index (χ2n) is 2.59. The minimum Gasteiger partial charge on any atom is -0.481 e. The summed E-state index contributed by atoms with van der Waals surface area (Å²) in [5.74, 6) is -2.15. The molecule has 10 nitrogen and oxygen atoms in total. The van der Waals surface area contributed by atoms with Gasteiger partial charge in [0.05, 0.1) is 26.1 Å². The maximum atomic E-state index is 9.64. The fraction of sp³-hybridized carbons (Fsp3) is 0.625. The number of rotatable bonds is 5. The van der Waals surface area contributed by atoms with Crippen molar-refractivity contribution >= 4 is 18.1 Å². The molecule has 0 aliphatic heterocycles. The summed E-state index contributed by atoms with van der Waals surface area (Å²) in [6.07, 6.45) is -3.38. The van der Waals surface area contributed by atoms with Crippen LogP contribution < -0.4 is 0 Å². The second-order valence-corrected chi connectivity index (χ2v) is 2.59. The van der Waals surface area contributed by atoms with Crippen LogP contribution in [0.5, 0.6) is 0 Å². The first-order valence-electron chi connectivity index (χ1n) is 4.42. The van der Waals surface area contributed by atoms with E-state index in [-0.39, 0.29) is 26.1 Å². The van der Waals surface area contributed by atoms with Crippen molar-refractivity contribution in [3.8, 4) is 0 Å². The molecule has 0 aromatic rings. The average Bonchev–Trinajstić information content (AvgIpc) is 2.25. The van der Waals surface area contributed by atoms with E-state index in [4.69, 9.17) is 40.5 Å². The molecule has 7 N–H and O–H groups in total. The lowest BCUT2D eigenvalue weighted by molar-refractivity contribution is -0.143. The standard InChI is InChI=1S/C4H6O4.C3H8O3.CH2O3/c5-3(6)1-2-4(7)8;4-1-3(6)2-5;2-1(3)4/h1-2H2,(H,5,6)(H,7,8);3-6H,1-2H2;(H2,2,3,4). The van der Waals surface area contributed by atoms with Crippen LogP contribution in [0, 0.1) is 0 Å². The average molecular weight is 272 g/mol. The summed E-state index contributed by atoms with van der Waals surface area (Å²) in [6.45, 7) is -0.729. The number of carboxylic acids is 2. The molecule has 0 spiro atoms. The third-order valence-electron chi connectivity index (χ3n) is 0.974. The Morgan fingerprint density at radius 1 is 0.778 bits per heavy atom. The van der Waals surface area contributed by atoms with E-state index < -0.39 is 24.2 Å². The number of carbonyl (C=O) groups is 3. The van der Waals surface area contributed by atoms with Crippen LogP contribution >= 0.6 is 0 Å². The predicted octanol–water partition coefficient (Wildman–Crippen LogP) is -1.51. The molecule has 10 heteroatoms. The van der Waals surface area contributed by atoms with E-state index in [0.717, 1.165) is 0 Å². The van der Waals surface area contributed by atoms with Crippen molar-refractivity contribution in [2.75, 3.05) is 13.2 Å². The fourth-order valence-electron chi connectivity index (χ4n) is 0.272. The Labute approximate surface area is 101 Å². The van der Waals surface area contributed by atoms with E-state index in [1.165, 1.54) is 0 Å². The van der Waals surface area contributed by atoms with Gasteiger partial charge >= 0.3 is 18.1 Å². The van der Waals surface area contributed by atoms with E-state index in [1.54, 1.807) is 0 Å². The first-order chi connectivity index (χ1) is 8.17. The minimum atomic E-state index is -1.83. The lowest BCUT2D eigenvalue weighted by Gasteiger charge is -1.96. The van der Waals surface area contributed by atoms with Gasteiger partial charge in [0.25, 0.3) is 0 Å². The molecule has 0 aliphatic carbocycles. The van der Waals surface area contributed by atoms with Crippen LogP contribution in [0.2, 0.25) is 0 Å². The largest absolute Gasteiger partial charge is 0.503 e. The van der Waals surface area contributed by atoms with Gasteiger partial charge in [-0.15, -0.1) is 0 Å². The van der Waals surface area contributed by atoms with Gasteiger partial charge in [0, 0.05) is 0 Å². The molecule has 0 aromatic carbocycles. The lowest BCUT2D eigenvalue weighted by atomic mass is 10.3. The lowest BCUT2D eigenvalue weighted by Crippen LogP contribution is -2.15. The van der Waals surface area contributed by atoms with E-state index in [1.807, 2.05) is 0 Å². The Balaban J connectivity index is -0.000000200. The Hall–Kier alpha value is -1.91. The maximum Gasteiger partial charge on any atom is 0.503 e. The van der Waals surface area contributed by atoms with Gasteiger partial charge in [-0.3, -0.25) is 9.59 Å². The van der Waals surface area contributed by atoms with Crippen molar-refractivity contribution in [3.05, 3.63) is 0 Å². The number of carboxylic acid groups (broad SMARTS) is 4. The number of aliphatic carboxylic acids is 2. The molecule has 0 aromatic heterocycles. The molecule has 0 heterocycles. The minimum absolute atomic E-state index is 0.296. The monoisotopic (exact) mass is 272 g/mol. The highest BCUT2D eigenvalue weighted by atomic mass is 16.6. The number of aliphatic hydroxyl groups excluding tert-OH is 3. The molecule has 0 bridgehead atoms. The normalized spacial score (nSPS) is 8.44. The second kappa shape index (κ2) is 15.1. The topological polar surface area (TPSA) is 193 Å². The molecule has 0 rings (SSSR count). The maximum absolute atomic E-state index is 9.64. The molecule has 0 aliphatic rings. The molecule has 108 valence electrons. The van der Waals surface area contributed by atoms with Crippen LogP contribution in [0.25, 0.3) is 0 Å². The molecule has 0 atom stereocenters. The van der Waals surface area contributed by atoms with E-state index >= 15 is 0 Å². The molecule has 18 heavy (non-hydrogen) atoms. The van der Waals surface area contributed by atoms with Crippen molar-refractivity contribution in [1.82, 2.24) is 0 Å². The van der Waals surface area contributed by atoms with Crippen LogP contribution in [0.4, 0.5) is 4.79 Å². The van der Waals surface area contributed by atoms with Crippen LogP contribution in [0.1, 0.15) is 12.8 Å². The van der Waals surface area contributed by atoms with Crippen molar-refractivity contribution in [2.24, 2.45) is 0 Å². The van der Waals surface area contributed by atoms with Crippen LogP contribution in [-0.2, 0) is 9.59 Å². The third-order valence-corrected chi connectivity index (χ3v) is 0.974. The van der Waals surface area contributed by atoms with Gasteiger partial charge in [0.1, 0.15) is 6.10 Å². The summed E-state index contributed by atoms with van der Waals surface area (Å²) in [4.78, 5) is 27.8. The van der Waals surface area contributed by atoms with Gasteiger partial charge in [-0.25, -0.2) is 4.79 Å². The Morgan fingerprint density at radius 3 is 1.06 bits per heavy atom. The van der Waals surface area contributed by atoms with Gasteiger partial charge in [-0.1, -0.05) is 0 Å². The van der Waals surface area contributed by atoms with Gasteiger partial charge in [-0.05, 0) is 0 Å². The Kier molecular flexibility index (Phi) is 17.9. The predicted molar refractivity (Wildman–Crippen MR) is 55.3 cm³/mol. The Bertz CT molecular complexity index is 216. The summed E-state index contributed by atoms with van der Waals surface area (Å²) in [7, 11) is 0. The highest BCUT2D eigenvalue weighted by Crippen LogP contribution is 1.86. The zero-order chi connectivity index (χ0) is 15.1. The first kappa shape index (κ1) is 21.4. The van der Waals surface area contributed by atoms with Crippen molar-refractivity contribution in [2.45, 2.75) is 18.9 Å². The molecule has 0 amide bonds. The molecule has 0 fully saturated rings. The molecule has 0 unspecified atom stereocenters. The fourth-order valence-corrected chi connectivity index (χ4v) is 0.272. The molecule has 0 radical (unpaired) electrons. The third kappa shape index (κ3) is 48.0. The highest BCUT2D eigenvalue weighted by Gasteiger charge is 2.00. The van der Waals surface area contributed by atoms with E-state index in [9.17, 15) is 9.59 Å². The highest BCUT2D eigenvalue weighted by molar-refractivity contribution is 5.75. The Morgan fingerprint density at radius 2 is 1.00 bits per heavy atom. The molecular weight excluding hydrogens is 256 g/mol. The number of hydrogen-bond donors (Lipinski definition) is 7. The molecule has 0 saturated heterocycles. The van der Waals surface area contributed by atoms with Crippen molar-refractivity contribution in [3.63, 3.8) is 0 Å². The van der Waals surface area contributed by atoms with Gasteiger partial charge in [0.2, 0.25) is 0 Å². The van der Waals surface area contributed by atoms with Gasteiger partial charge in [-0.2, -0.15) is 0 Å². The first-order valence-corrected chi connectivity index (χ1v) is 4.42. The smallest absolute Gasteiger partial charge is 0.481 e. The van der Waals surface area contributed by atoms with E-state index in [2.05, 4.69) is 0 Å². The quantitative estimate of drug-likeness (QED) is 0.309. The van der Waals surface area contributed by atoms with Crippen LogP contribution in [-0.4, -0.2) is 73.2 Å². The van der Waals surface area contributed by atoms with E-state index in [0.29, 0.717) is 0 Å². The zero-order valence-electron chi connectivity index (χ0n) is 9.26. The SMILES string of the molecule is O=C(O)CCC(=O)O.O=C(O)O.OCC(O)CO. The van der Waals surface area contributed by atoms with Crippen LogP contribution in [0.3, 0.4) is 0 Å². The summed E-state index contributed by atoms with van der Waals surface area (Å²) in [5, 5.41) is 53.8. The number of hydrogen-bond acceptors (Lipinski definition) is 6. The van der Waals surface area contributed by atoms with Gasteiger partial charge < -0.3 is 35.7 Å². The number of aliphatic hydroxyl groups is 3. The zero-order valence-corrected chi connectivity index (χ0v) is 9.26. The molecular formula is C8H16O10. The summed E-state index contributed by atoms with van der Waals surface area (Å²) in [6, 6.07) is 0. The van der Waals surface area contributed by atoms with Gasteiger partial charge in [0.15, 0.2) is 0 Å².